The van der Waals surface area contributed by atoms with Crippen molar-refractivity contribution in [1.29, 1.82) is 0 Å². The lowest BCUT2D eigenvalue weighted by Gasteiger charge is -2.37. The predicted octanol–water partition coefficient (Wildman–Crippen LogP) is 6.30. The number of imidazole rings is 1. The number of fused-ring (bicyclic) bond motifs is 1. The first-order chi connectivity index (χ1) is 18.4. The van der Waals surface area contributed by atoms with E-state index < -0.39 is 6.04 Å². The van der Waals surface area contributed by atoms with Crippen LogP contribution >= 0.6 is 15.9 Å². The minimum Gasteiger partial charge on any atom is -0.460 e. The molecule has 3 aromatic carbocycles. The fourth-order valence-corrected chi connectivity index (χ4v) is 5.36. The zero-order chi connectivity index (χ0) is 26.6. The number of nitrogens with zero attached hydrogens (tertiary/aromatic N) is 3. The Kier molecular flexibility index (Phi) is 8.05. The molecule has 0 spiro atoms. The van der Waals surface area contributed by atoms with Gasteiger partial charge in [0.25, 0.3) is 0 Å². The minimum absolute atomic E-state index is 0.130. The highest BCUT2D eigenvalue weighted by molar-refractivity contribution is 9.10. The van der Waals surface area contributed by atoms with Gasteiger partial charge >= 0.3 is 5.97 Å². The molecular formula is C31H31BrFN3O2. The highest BCUT2D eigenvalue weighted by Gasteiger charge is 2.37. The van der Waals surface area contributed by atoms with Crippen molar-refractivity contribution in [2.75, 3.05) is 0 Å². The van der Waals surface area contributed by atoms with Crippen LogP contribution in [-0.2, 0) is 42.1 Å². The number of aromatic nitrogens is 2. The predicted molar refractivity (Wildman–Crippen MR) is 149 cm³/mol. The summed E-state index contributed by atoms with van der Waals surface area (Å²) in [5.74, 6) is 0.284. The summed E-state index contributed by atoms with van der Waals surface area (Å²) in [4.78, 5) is 20.5. The second-order valence-corrected chi connectivity index (χ2v) is 10.9. The van der Waals surface area contributed by atoms with Crippen molar-refractivity contribution < 1.29 is 13.9 Å². The van der Waals surface area contributed by atoms with E-state index in [4.69, 9.17) is 9.72 Å². The third-order valence-electron chi connectivity index (χ3n) is 7.06. The highest BCUT2D eigenvalue weighted by atomic mass is 79.9. The molecule has 0 unspecified atom stereocenters. The van der Waals surface area contributed by atoms with Gasteiger partial charge in [0.2, 0.25) is 0 Å². The lowest BCUT2D eigenvalue weighted by atomic mass is 10.0. The normalized spacial score (nSPS) is 15.4. The van der Waals surface area contributed by atoms with E-state index in [1.165, 1.54) is 6.07 Å². The number of halogens is 2. The molecule has 0 saturated heterocycles. The van der Waals surface area contributed by atoms with Crippen LogP contribution in [0.4, 0.5) is 4.39 Å². The fourth-order valence-electron chi connectivity index (χ4n) is 5.02. The van der Waals surface area contributed by atoms with Crippen LogP contribution in [0, 0.1) is 5.82 Å². The molecule has 7 heteroatoms. The maximum atomic E-state index is 14.8. The van der Waals surface area contributed by atoms with Crippen LogP contribution in [0.2, 0.25) is 0 Å². The molecule has 1 aliphatic rings. The molecule has 5 nitrogen and oxygen atoms in total. The Labute approximate surface area is 231 Å². The Bertz CT molecular complexity index is 1410. The Morgan fingerprint density at radius 1 is 1.05 bits per heavy atom. The molecule has 2 heterocycles. The van der Waals surface area contributed by atoms with Crippen LogP contribution in [0.15, 0.2) is 83.3 Å². The van der Waals surface area contributed by atoms with Gasteiger partial charge in [-0.2, -0.15) is 0 Å². The van der Waals surface area contributed by atoms with E-state index >= 15 is 0 Å². The van der Waals surface area contributed by atoms with Gasteiger partial charge in [-0.25, -0.2) is 9.37 Å². The molecule has 1 atom stereocenters. The smallest absolute Gasteiger partial charge is 0.324 e. The first-order valence-electron chi connectivity index (χ1n) is 12.9. The molecule has 38 heavy (non-hydrogen) atoms. The van der Waals surface area contributed by atoms with Crippen molar-refractivity contribution in [1.82, 2.24) is 14.5 Å². The van der Waals surface area contributed by atoms with E-state index in [0.29, 0.717) is 36.0 Å². The van der Waals surface area contributed by atoms with E-state index in [2.05, 4.69) is 51.4 Å². The number of esters is 1. The van der Waals surface area contributed by atoms with Gasteiger partial charge in [0.05, 0.1) is 11.4 Å². The van der Waals surface area contributed by atoms with E-state index in [0.717, 1.165) is 28.3 Å². The molecule has 0 bridgehead atoms. The lowest BCUT2D eigenvalue weighted by molar-refractivity contribution is -0.153. The average molecular weight is 577 g/mol. The van der Waals surface area contributed by atoms with Gasteiger partial charge in [0, 0.05) is 36.4 Å². The summed E-state index contributed by atoms with van der Waals surface area (Å²) in [5, 5.41) is 0. The standard InChI is InChI=1S/C31H31BrFN3O2/c1-21(2)35-19-29-27(17-28(35)31(37)38-20-23-11-7-4-8-12-23)34-30(15-24-13-14-25(32)16-26(24)33)36(29)18-22-9-5-3-6-10-22/h3-14,16,21,28H,15,17-20H2,1-2H3/t28-/m0/s1. The number of rotatable bonds is 8. The SMILES string of the molecule is CC(C)N1Cc2c(nc(Cc3ccc(Br)cc3F)n2Cc2ccccc2)C[C@H]1C(=O)OCc1ccccc1. The Hall–Kier alpha value is -3.29. The molecule has 0 amide bonds. The molecule has 0 radical (unpaired) electrons. The molecule has 0 saturated carbocycles. The fraction of sp³-hybridized carbons (Fsp3) is 0.290. The number of carbonyl (C=O) groups is 1. The van der Waals surface area contributed by atoms with Gasteiger partial charge in [-0.1, -0.05) is 82.7 Å². The molecule has 0 N–H and O–H groups in total. The number of hydrogen-bond acceptors (Lipinski definition) is 4. The topological polar surface area (TPSA) is 47.4 Å². The van der Waals surface area contributed by atoms with Gasteiger partial charge in [-0.15, -0.1) is 0 Å². The monoisotopic (exact) mass is 575 g/mol. The van der Waals surface area contributed by atoms with Crippen molar-refractivity contribution in [3.63, 3.8) is 0 Å². The van der Waals surface area contributed by atoms with Gasteiger partial charge in [0.1, 0.15) is 24.3 Å². The van der Waals surface area contributed by atoms with E-state index in [-0.39, 0.29) is 24.4 Å². The Morgan fingerprint density at radius 2 is 1.74 bits per heavy atom. The third-order valence-corrected chi connectivity index (χ3v) is 7.55. The van der Waals surface area contributed by atoms with Crippen molar-refractivity contribution >= 4 is 21.9 Å². The molecule has 1 aliphatic heterocycles. The summed E-state index contributed by atoms with van der Waals surface area (Å²) in [6, 6.07) is 24.8. The minimum atomic E-state index is -0.427. The van der Waals surface area contributed by atoms with Crippen LogP contribution in [-0.4, -0.2) is 32.5 Å². The number of benzene rings is 3. The average Bonchev–Trinajstić information content (AvgIpc) is 3.25. The summed E-state index contributed by atoms with van der Waals surface area (Å²) in [7, 11) is 0. The molecule has 0 fully saturated rings. The molecular weight excluding hydrogens is 545 g/mol. The van der Waals surface area contributed by atoms with E-state index in [9.17, 15) is 9.18 Å². The van der Waals surface area contributed by atoms with Crippen molar-refractivity contribution in [2.24, 2.45) is 0 Å². The number of ether oxygens (including phenoxy) is 1. The van der Waals surface area contributed by atoms with Crippen LogP contribution in [0.5, 0.6) is 0 Å². The van der Waals surface area contributed by atoms with Crippen LogP contribution < -0.4 is 0 Å². The first kappa shape index (κ1) is 26.3. The van der Waals surface area contributed by atoms with Crippen LogP contribution in [0.25, 0.3) is 0 Å². The molecule has 0 aliphatic carbocycles. The van der Waals surface area contributed by atoms with Gasteiger partial charge < -0.3 is 9.30 Å². The van der Waals surface area contributed by atoms with Crippen LogP contribution in [0.3, 0.4) is 0 Å². The maximum Gasteiger partial charge on any atom is 0.324 e. The second kappa shape index (κ2) is 11.6. The van der Waals surface area contributed by atoms with Crippen molar-refractivity contribution in [3.8, 4) is 0 Å². The number of carbonyl (C=O) groups excluding carboxylic acids is 1. The quantitative estimate of drug-likeness (QED) is 0.231. The van der Waals surface area contributed by atoms with Crippen molar-refractivity contribution in [2.45, 2.75) is 58.5 Å². The molecule has 4 aromatic rings. The van der Waals surface area contributed by atoms with Crippen molar-refractivity contribution in [3.05, 3.63) is 123 Å². The third kappa shape index (κ3) is 5.89. The summed E-state index contributed by atoms with van der Waals surface area (Å²) < 4.78 is 23.5. The molecule has 1 aromatic heterocycles. The number of hydrogen-bond donors (Lipinski definition) is 0. The van der Waals surface area contributed by atoms with Gasteiger partial charge in [0.15, 0.2) is 0 Å². The summed E-state index contributed by atoms with van der Waals surface area (Å²) in [5.41, 5.74) is 4.64. The van der Waals surface area contributed by atoms with Gasteiger partial charge in [-0.3, -0.25) is 9.69 Å². The zero-order valence-electron chi connectivity index (χ0n) is 21.6. The largest absolute Gasteiger partial charge is 0.460 e. The summed E-state index contributed by atoms with van der Waals surface area (Å²) in [6.07, 6.45) is 0.822. The Balaban J connectivity index is 1.47. The zero-order valence-corrected chi connectivity index (χ0v) is 23.2. The first-order valence-corrected chi connectivity index (χ1v) is 13.7. The maximum absolute atomic E-state index is 14.8. The summed E-state index contributed by atoms with van der Waals surface area (Å²) >= 11 is 3.34. The summed E-state index contributed by atoms with van der Waals surface area (Å²) in [6.45, 7) is 5.63. The van der Waals surface area contributed by atoms with Gasteiger partial charge in [-0.05, 0) is 42.7 Å². The molecule has 196 valence electrons. The molecule has 5 rings (SSSR count). The highest BCUT2D eigenvalue weighted by Crippen LogP contribution is 2.29. The van der Waals surface area contributed by atoms with Crippen LogP contribution in [0.1, 0.15) is 47.8 Å². The lowest BCUT2D eigenvalue weighted by Crippen LogP contribution is -2.49. The van der Waals surface area contributed by atoms with E-state index in [1.54, 1.807) is 6.07 Å². The second-order valence-electron chi connectivity index (χ2n) is 9.98. The Morgan fingerprint density at radius 3 is 2.39 bits per heavy atom. The van der Waals surface area contributed by atoms with E-state index in [1.807, 2.05) is 54.6 Å².